The Morgan fingerprint density at radius 2 is 2.56 bits per heavy atom. The van der Waals surface area contributed by atoms with Crippen LogP contribution in [0.1, 0.15) is 6.42 Å². The van der Waals surface area contributed by atoms with E-state index < -0.39 is 11.3 Å². The molecule has 0 aliphatic carbocycles. The Kier molecular flexibility index (Phi) is 5.46. The van der Waals surface area contributed by atoms with Gasteiger partial charge in [-0.05, 0) is 0 Å². The Hall–Kier alpha value is -0.410. The minimum atomic E-state index is -2.11. The Morgan fingerprint density at radius 3 is 3.00 bits per heavy atom. The summed E-state index contributed by atoms with van der Waals surface area (Å²) in [6.07, 6.45) is 5.27. The molecule has 0 radical (unpaired) electrons. The highest BCUT2D eigenvalue weighted by Gasteiger charge is 1.87. The van der Waals surface area contributed by atoms with Gasteiger partial charge in [0.1, 0.15) is 0 Å². The van der Waals surface area contributed by atoms with Crippen LogP contribution in [0, 0.1) is 12.3 Å². The van der Waals surface area contributed by atoms with E-state index in [-0.39, 0.29) is 6.61 Å². The predicted octanol–water partition coefficient (Wildman–Crippen LogP) is -0.332. The molecule has 0 aliphatic rings. The zero-order chi connectivity index (χ0) is 7.11. The van der Waals surface area contributed by atoms with E-state index in [1.54, 1.807) is 0 Å². The summed E-state index contributed by atoms with van der Waals surface area (Å²) in [5, 5.41) is 0. The van der Waals surface area contributed by atoms with E-state index in [1.807, 2.05) is 4.89 Å². The van der Waals surface area contributed by atoms with E-state index >= 15 is 0 Å². The molecule has 0 saturated carbocycles. The molecule has 0 rings (SSSR count). The second-order valence-corrected chi connectivity index (χ2v) is 1.80. The minimum absolute atomic E-state index is 0.239. The summed E-state index contributed by atoms with van der Waals surface area (Å²) in [6, 6.07) is 0. The summed E-state index contributed by atoms with van der Waals surface area (Å²) >= 11 is -2.11. The molecular weight excluding hydrogens is 142 g/mol. The lowest BCUT2D eigenvalue weighted by molar-refractivity contribution is 0.0972. The van der Waals surface area contributed by atoms with Gasteiger partial charge in [-0.1, -0.05) is 4.89 Å². The van der Waals surface area contributed by atoms with Crippen LogP contribution in [0.2, 0.25) is 0 Å². The van der Waals surface area contributed by atoms with Gasteiger partial charge in [0.25, 0.3) is 11.3 Å². The maximum atomic E-state index is 9.79. The Morgan fingerprint density at radius 1 is 1.89 bits per heavy atom. The lowest BCUT2D eigenvalue weighted by atomic mass is 10.5. The van der Waals surface area contributed by atoms with Crippen LogP contribution in [-0.4, -0.2) is 15.4 Å². The van der Waals surface area contributed by atoms with Gasteiger partial charge in [-0.2, -0.15) is 0 Å². The molecule has 0 aromatic heterocycles. The van der Waals surface area contributed by atoms with Gasteiger partial charge in [0.15, 0.2) is 0 Å². The summed E-state index contributed by atoms with van der Waals surface area (Å²) < 4.78 is 17.8. The van der Waals surface area contributed by atoms with Crippen molar-refractivity contribution in [2.75, 3.05) is 6.61 Å². The Balaban J connectivity index is 2.94. The molecule has 0 bridgehead atoms. The molecule has 2 N–H and O–H groups in total. The predicted molar refractivity (Wildman–Crippen MR) is 33.3 cm³/mol. The zero-order valence-corrected chi connectivity index (χ0v) is 5.48. The molecule has 1 atom stereocenters. The van der Waals surface area contributed by atoms with Crippen LogP contribution in [0.15, 0.2) is 0 Å². The van der Waals surface area contributed by atoms with E-state index in [2.05, 4.69) is 10.8 Å². The molecule has 1 unspecified atom stereocenters. The first kappa shape index (κ1) is 8.59. The SMILES string of the molecule is C#CCCONS(=O)O. The van der Waals surface area contributed by atoms with Gasteiger partial charge in [-0.3, -0.25) is 9.39 Å². The highest BCUT2D eigenvalue weighted by molar-refractivity contribution is 7.76. The quantitative estimate of drug-likeness (QED) is 0.249. The van der Waals surface area contributed by atoms with E-state index in [1.165, 1.54) is 0 Å². The number of terminal acetylenes is 1. The van der Waals surface area contributed by atoms with Crippen molar-refractivity contribution < 1.29 is 13.6 Å². The summed E-state index contributed by atoms with van der Waals surface area (Å²) in [6.45, 7) is 0.239. The second-order valence-electron chi connectivity index (χ2n) is 1.14. The summed E-state index contributed by atoms with van der Waals surface area (Å²) in [5.74, 6) is 2.30. The first-order valence-electron chi connectivity index (χ1n) is 2.19. The average Bonchev–Trinajstić information content (AvgIpc) is 1.80. The van der Waals surface area contributed by atoms with E-state index in [9.17, 15) is 4.21 Å². The van der Waals surface area contributed by atoms with Crippen molar-refractivity contribution in [2.24, 2.45) is 0 Å². The molecule has 9 heavy (non-hydrogen) atoms. The van der Waals surface area contributed by atoms with Crippen molar-refractivity contribution in [2.45, 2.75) is 6.42 Å². The highest BCUT2D eigenvalue weighted by atomic mass is 32.2. The molecule has 0 aliphatic heterocycles. The molecule has 0 spiro atoms. The first-order chi connectivity index (χ1) is 4.27. The van der Waals surface area contributed by atoms with Gasteiger partial charge >= 0.3 is 0 Å². The zero-order valence-electron chi connectivity index (χ0n) is 4.66. The molecule has 0 heterocycles. The minimum Gasteiger partial charge on any atom is -0.292 e. The average molecular weight is 149 g/mol. The first-order valence-corrected chi connectivity index (χ1v) is 3.30. The number of hydrogen-bond acceptors (Lipinski definition) is 2. The van der Waals surface area contributed by atoms with Crippen LogP contribution in [0.5, 0.6) is 0 Å². The van der Waals surface area contributed by atoms with Gasteiger partial charge in [-0.15, -0.1) is 12.3 Å². The molecular formula is C4H7NO3S. The van der Waals surface area contributed by atoms with Crippen molar-refractivity contribution in [1.82, 2.24) is 4.89 Å². The fourth-order valence-electron chi connectivity index (χ4n) is 0.202. The molecule has 52 valence electrons. The van der Waals surface area contributed by atoms with Crippen molar-refractivity contribution in [1.29, 1.82) is 0 Å². The summed E-state index contributed by atoms with van der Waals surface area (Å²) in [7, 11) is 0. The number of rotatable bonds is 4. The number of nitrogens with one attached hydrogen (secondary N) is 1. The summed E-state index contributed by atoms with van der Waals surface area (Å²) in [5.41, 5.74) is 0. The third-order valence-electron chi connectivity index (χ3n) is 0.479. The lowest BCUT2D eigenvalue weighted by Crippen LogP contribution is -2.17. The van der Waals surface area contributed by atoms with Gasteiger partial charge in [0.2, 0.25) is 0 Å². The number of hydrogen-bond donors (Lipinski definition) is 2. The highest BCUT2D eigenvalue weighted by Crippen LogP contribution is 1.74. The van der Waals surface area contributed by atoms with Crippen LogP contribution < -0.4 is 4.89 Å². The Labute approximate surface area is 56.0 Å². The van der Waals surface area contributed by atoms with Crippen molar-refractivity contribution in [3.63, 3.8) is 0 Å². The van der Waals surface area contributed by atoms with Crippen molar-refractivity contribution >= 4 is 11.3 Å². The maximum absolute atomic E-state index is 9.79. The Bertz CT molecular complexity index is 130. The van der Waals surface area contributed by atoms with Gasteiger partial charge in [0.05, 0.1) is 6.61 Å². The van der Waals surface area contributed by atoms with Gasteiger partial charge in [-0.25, -0.2) is 4.21 Å². The van der Waals surface area contributed by atoms with Crippen LogP contribution in [-0.2, 0) is 16.1 Å². The molecule has 0 aromatic carbocycles. The van der Waals surface area contributed by atoms with Crippen LogP contribution in [0.3, 0.4) is 0 Å². The molecule has 4 nitrogen and oxygen atoms in total. The van der Waals surface area contributed by atoms with E-state index in [4.69, 9.17) is 11.0 Å². The monoisotopic (exact) mass is 149 g/mol. The maximum Gasteiger partial charge on any atom is 0.256 e. The smallest absolute Gasteiger partial charge is 0.256 e. The fraction of sp³-hybridized carbons (Fsp3) is 0.500. The molecule has 0 amide bonds. The molecule has 5 heteroatoms. The topological polar surface area (TPSA) is 58.6 Å². The van der Waals surface area contributed by atoms with E-state index in [0.717, 1.165) is 0 Å². The third-order valence-corrected chi connectivity index (χ3v) is 0.739. The van der Waals surface area contributed by atoms with Crippen molar-refractivity contribution in [3.8, 4) is 12.3 Å². The van der Waals surface area contributed by atoms with E-state index in [0.29, 0.717) is 6.42 Å². The third kappa shape index (κ3) is 7.59. The van der Waals surface area contributed by atoms with Crippen LogP contribution >= 0.6 is 0 Å². The van der Waals surface area contributed by atoms with Crippen LogP contribution in [0.25, 0.3) is 0 Å². The van der Waals surface area contributed by atoms with Crippen molar-refractivity contribution in [3.05, 3.63) is 0 Å². The summed E-state index contributed by atoms with van der Waals surface area (Å²) in [4.78, 5) is 6.21. The molecule has 0 aromatic rings. The van der Waals surface area contributed by atoms with Gasteiger partial charge < -0.3 is 0 Å². The standard InChI is InChI=1S/C4H7NO3S/c1-2-3-4-8-5-9(6)7/h1,5H,3-4H2,(H,6,7). The lowest BCUT2D eigenvalue weighted by Gasteiger charge is -1.95. The van der Waals surface area contributed by atoms with Crippen LogP contribution in [0.4, 0.5) is 0 Å². The second kappa shape index (κ2) is 5.72. The molecule has 0 saturated heterocycles. The van der Waals surface area contributed by atoms with Gasteiger partial charge in [0, 0.05) is 6.42 Å². The normalized spacial score (nSPS) is 12.4. The fourth-order valence-corrected chi connectivity index (χ4v) is 0.386. The molecule has 0 fully saturated rings. The largest absolute Gasteiger partial charge is 0.292 e.